The van der Waals surface area contributed by atoms with Gasteiger partial charge in [0.05, 0.1) is 5.69 Å². The highest BCUT2D eigenvalue weighted by Crippen LogP contribution is 2.34. The van der Waals surface area contributed by atoms with E-state index in [1.165, 1.54) is 0 Å². The highest BCUT2D eigenvalue weighted by molar-refractivity contribution is 5.78. The largest absolute Gasteiger partial charge is 0.256 e. The van der Waals surface area contributed by atoms with E-state index in [0.29, 0.717) is 46.6 Å². The zero-order chi connectivity index (χ0) is 42.8. The normalized spacial score (nSPS) is 11.7. The van der Waals surface area contributed by atoms with Crippen LogP contribution in [-0.2, 0) is 10.8 Å². The molecular formula is C52H44N10. The number of pyridine rings is 1. The molecule has 0 radical (unpaired) electrons. The fourth-order valence-corrected chi connectivity index (χ4v) is 6.80. The third-order valence-corrected chi connectivity index (χ3v) is 10.2. The molecule has 62 heavy (non-hydrogen) atoms. The second-order valence-electron chi connectivity index (χ2n) is 17.1. The molecule has 0 aliphatic carbocycles. The lowest BCUT2D eigenvalue weighted by molar-refractivity contribution is 0.543. The van der Waals surface area contributed by atoms with Gasteiger partial charge in [0.1, 0.15) is 11.6 Å². The maximum absolute atomic E-state index is 5.16. The third kappa shape index (κ3) is 8.62. The predicted octanol–water partition coefficient (Wildman–Crippen LogP) is 11.6. The van der Waals surface area contributed by atoms with Gasteiger partial charge in [0.2, 0.25) is 0 Å². The Morgan fingerprint density at radius 2 is 0.565 bits per heavy atom. The van der Waals surface area contributed by atoms with Crippen LogP contribution in [0, 0.1) is 0 Å². The first kappa shape index (κ1) is 39.7. The average Bonchev–Trinajstić information content (AvgIpc) is 3.31. The molecule has 10 heteroatoms. The Morgan fingerprint density at radius 1 is 0.274 bits per heavy atom. The van der Waals surface area contributed by atoms with Crippen molar-refractivity contribution in [1.29, 1.82) is 0 Å². The zero-order valence-electron chi connectivity index (χ0n) is 35.5. The molecule has 0 amide bonds. The maximum Gasteiger partial charge on any atom is 0.164 e. The van der Waals surface area contributed by atoms with E-state index in [1.54, 1.807) is 6.20 Å². The Morgan fingerprint density at radius 3 is 0.903 bits per heavy atom. The quantitative estimate of drug-likeness (QED) is 0.146. The number of hydrogen-bond acceptors (Lipinski definition) is 10. The molecule has 0 aliphatic heterocycles. The van der Waals surface area contributed by atoms with Gasteiger partial charge in [0.15, 0.2) is 40.8 Å². The monoisotopic (exact) mass is 808 g/mol. The number of aromatic nitrogens is 10. The Kier molecular flexibility index (Phi) is 10.5. The van der Waals surface area contributed by atoms with Crippen molar-refractivity contribution in [2.24, 2.45) is 0 Å². The topological polar surface area (TPSA) is 129 Å². The van der Waals surface area contributed by atoms with Crippen molar-refractivity contribution in [3.05, 3.63) is 170 Å². The van der Waals surface area contributed by atoms with Crippen LogP contribution in [0.15, 0.2) is 158 Å². The van der Waals surface area contributed by atoms with E-state index < -0.39 is 0 Å². The minimum atomic E-state index is -0.339. The summed E-state index contributed by atoms with van der Waals surface area (Å²) in [6.07, 6.45) is 1.79. The molecule has 5 aromatic carbocycles. The van der Waals surface area contributed by atoms with E-state index in [0.717, 1.165) is 56.0 Å². The van der Waals surface area contributed by atoms with E-state index in [-0.39, 0.29) is 10.8 Å². The molecule has 4 aromatic heterocycles. The van der Waals surface area contributed by atoms with E-state index in [4.69, 9.17) is 49.8 Å². The van der Waals surface area contributed by atoms with Crippen LogP contribution in [0.5, 0.6) is 0 Å². The standard InChI is InChI=1S/C52H44N10/c1-51(2,3)49-59-44(34-20-12-8-13-21-34)57-46(61-49)37-27-25-36(26-28-37)43-54-42(33-18-10-7-11-19-33)55-47(56-43)39-30-38(41-24-16-17-29-53-41)31-40(32-39)48-58-45(35-22-14-9-15-23-35)60-50(62-48)52(4,5)6/h7-32H,1-6H3. The van der Waals surface area contributed by atoms with Crippen molar-refractivity contribution in [2.45, 2.75) is 52.4 Å². The van der Waals surface area contributed by atoms with Gasteiger partial charge in [-0.3, -0.25) is 4.98 Å². The lowest BCUT2D eigenvalue weighted by atomic mass is 9.95. The van der Waals surface area contributed by atoms with Gasteiger partial charge in [-0.1, -0.05) is 163 Å². The van der Waals surface area contributed by atoms with E-state index in [2.05, 4.69) is 53.7 Å². The van der Waals surface area contributed by atoms with Crippen molar-refractivity contribution < 1.29 is 0 Å². The van der Waals surface area contributed by atoms with Gasteiger partial charge in [-0.05, 0) is 30.3 Å². The first-order chi connectivity index (χ1) is 29.9. The van der Waals surface area contributed by atoms with Crippen LogP contribution < -0.4 is 0 Å². The van der Waals surface area contributed by atoms with Crippen molar-refractivity contribution in [1.82, 2.24) is 49.8 Å². The van der Waals surface area contributed by atoms with Crippen LogP contribution in [0.2, 0.25) is 0 Å². The van der Waals surface area contributed by atoms with Crippen molar-refractivity contribution in [3.63, 3.8) is 0 Å². The summed E-state index contributed by atoms with van der Waals surface area (Å²) in [6.45, 7) is 12.6. The summed E-state index contributed by atoms with van der Waals surface area (Å²) in [5, 5.41) is 0. The zero-order valence-corrected chi connectivity index (χ0v) is 35.5. The second-order valence-corrected chi connectivity index (χ2v) is 17.1. The summed E-state index contributed by atoms with van der Waals surface area (Å²) in [5.41, 5.74) is 6.94. The van der Waals surface area contributed by atoms with Crippen LogP contribution in [0.1, 0.15) is 53.2 Å². The molecule has 0 atom stereocenters. The smallest absolute Gasteiger partial charge is 0.164 e. The van der Waals surface area contributed by atoms with E-state index >= 15 is 0 Å². The molecular weight excluding hydrogens is 765 g/mol. The lowest BCUT2D eigenvalue weighted by Crippen LogP contribution is -2.18. The highest BCUT2D eigenvalue weighted by atomic mass is 15.1. The summed E-state index contributed by atoms with van der Waals surface area (Å²) in [5.74, 6) is 5.33. The number of rotatable bonds is 8. The second kappa shape index (κ2) is 16.4. The van der Waals surface area contributed by atoms with Crippen molar-refractivity contribution in [2.75, 3.05) is 0 Å². The Labute approximate surface area is 361 Å². The Balaban J connectivity index is 1.19. The molecule has 0 N–H and O–H groups in total. The van der Waals surface area contributed by atoms with Crippen LogP contribution in [0.25, 0.3) is 91.0 Å². The van der Waals surface area contributed by atoms with Gasteiger partial charge in [-0.25, -0.2) is 44.9 Å². The fraction of sp³-hybridized carbons (Fsp3) is 0.154. The maximum atomic E-state index is 5.16. The van der Waals surface area contributed by atoms with Crippen LogP contribution >= 0.6 is 0 Å². The lowest BCUT2D eigenvalue weighted by Gasteiger charge is -2.18. The van der Waals surface area contributed by atoms with Gasteiger partial charge in [0.25, 0.3) is 0 Å². The van der Waals surface area contributed by atoms with Crippen LogP contribution in [0.3, 0.4) is 0 Å². The summed E-state index contributed by atoms with van der Waals surface area (Å²) in [6, 6.07) is 50.0. The van der Waals surface area contributed by atoms with Crippen molar-refractivity contribution in [3.8, 4) is 91.0 Å². The minimum Gasteiger partial charge on any atom is -0.256 e. The van der Waals surface area contributed by atoms with E-state index in [1.807, 2.05) is 140 Å². The molecule has 9 rings (SSSR count). The molecule has 9 aromatic rings. The van der Waals surface area contributed by atoms with Gasteiger partial charge in [0, 0.05) is 61.5 Å². The first-order valence-electron chi connectivity index (χ1n) is 20.6. The molecule has 0 spiro atoms. The van der Waals surface area contributed by atoms with Crippen LogP contribution in [-0.4, -0.2) is 49.8 Å². The SMILES string of the molecule is CC(C)(C)c1nc(-c2ccccc2)nc(-c2ccc(-c3nc(-c4ccccc4)nc(-c4cc(-c5ccccn5)cc(-c5nc(-c6ccccc6)nc(C(C)(C)C)n5)c4)n3)cc2)n1. The Bertz CT molecular complexity index is 3000. The number of benzene rings is 5. The molecule has 0 fully saturated rings. The van der Waals surface area contributed by atoms with Gasteiger partial charge < -0.3 is 0 Å². The molecule has 4 heterocycles. The summed E-state index contributed by atoms with van der Waals surface area (Å²) < 4.78 is 0. The molecule has 0 saturated heterocycles. The minimum absolute atomic E-state index is 0.285. The molecule has 0 saturated carbocycles. The van der Waals surface area contributed by atoms with Gasteiger partial charge in [-0.15, -0.1) is 0 Å². The number of nitrogens with zero attached hydrogens (tertiary/aromatic N) is 10. The molecule has 10 nitrogen and oxygen atoms in total. The Hall–Kier alpha value is -7.72. The van der Waals surface area contributed by atoms with Gasteiger partial charge >= 0.3 is 0 Å². The predicted molar refractivity (Wildman–Crippen MR) is 245 cm³/mol. The molecule has 0 bridgehead atoms. The average molecular weight is 809 g/mol. The summed E-state index contributed by atoms with van der Waals surface area (Å²) in [4.78, 5) is 49.8. The third-order valence-electron chi connectivity index (χ3n) is 10.2. The molecule has 0 unspecified atom stereocenters. The van der Waals surface area contributed by atoms with E-state index in [9.17, 15) is 0 Å². The first-order valence-corrected chi connectivity index (χ1v) is 20.6. The number of hydrogen-bond donors (Lipinski definition) is 0. The summed E-state index contributed by atoms with van der Waals surface area (Å²) in [7, 11) is 0. The summed E-state index contributed by atoms with van der Waals surface area (Å²) >= 11 is 0. The molecule has 0 aliphatic rings. The van der Waals surface area contributed by atoms with Crippen molar-refractivity contribution >= 4 is 0 Å². The molecule has 302 valence electrons. The van der Waals surface area contributed by atoms with Crippen LogP contribution in [0.4, 0.5) is 0 Å². The fourth-order valence-electron chi connectivity index (χ4n) is 6.80. The highest BCUT2D eigenvalue weighted by Gasteiger charge is 2.24. The van der Waals surface area contributed by atoms with Gasteiger partial charge in [-0.2, -0.15) is 0 Å².